The largest absolute Gasteiger partial charge is 0.465 e. The number of ether oxygens (including phenoxy) is 10. The molecule has 21 nitrogen and oxygen atoms in total. The fourth-order valence-electron chi connectivity index (χ4n) is 8.54. The van der Waals surface area contributed by atoms with E-state index >= 15 is 0 Å². The Labute approximate surface area is 481 Å². The van der Waals surface area contributed by atoms with Crippen molar-refractivity contribution in [2.75, 3.05) is 39.6 Å². The van der Waals surface area contributed by atoms with Gasteiger partial charge in [-0.25, -0.2) is 14.4 Å². The van der Waals surface area contributed by atoms with Crippen molar-refractivity contribution in [1.29, 1.82) is 0 Å². The van der Waals surface area contributed by atoms with E-state index in [1.807, 2.05) is 0 Å². The van der Waals surface area contributed by atoms with E-state index in [0.29, 0.717) is 89.7 Å². The first kappa shape index (κ1) is 63.0. The standard InChI is InChI=1S/C59H61NO20S2/c1-4-47(61)73-32-34-75-51(65)26-24-49(63)71-30-28-37-6-18-43(19-7-37)77-56(67)39-10-14-41(15-11-39)58(69)79-45-22-23-46(55-54(45)81-53(82-55)36-60-3)80-59(70)42-16-12-40(13-17-42)57(68)78-44-20-8-38(9-21-44)29-31-72-50(64)25-27-52(66)76-35-33-74-48(62)5-2/h4-9,18-23,36,39-42H,1-2,10-17,24-35H2. The third kappa shape index (κ3) is 20.7. The summed E-state index contributed by atoms with van der Waals surface area (Å²) in [7, 11) is 0. The number of rotatable bonds is 28. The highest BCUT2D eigenvalue weighted by molar-refractivity contribution is 8.24. The third-order valence-electron chi connectivity index (χ3n) is 13.0. The van der Waals surface area contributed by atoms with E-state index in [4.69, 9.17) is 53.9 Å². The molecular formula is C59H61NO20S2. The van der Waals surface area contributed by atoms with E-state index in [2.05, 4.69) is 18.0 Å². The minimum absolute atomic E-state index is 0.0641. The molecule has 1 heterocycles. The maximum atomic E-state index is 13.6. The van der Waals surface area contributed by atoms with Gasteiger partial charge in [-0.1, -0.05) is 60.9 Å². The van der Waals surface area contributed by atoms with E-state index in [1.165, 1.54) is 29.7 Å². The number of esters is 10. The summed E-state index contributed by atoms with van der Waals surface area (Å²) < 4.78 is 53.4. The smallest absolute Gasteiger partial charge is 0.330 e. The number of fused-ring (bicyclic) bond motifs is 1. The molecular weight excluding hydrogens is 1110 g/mol. The SMILES string of the molecule is [C-]#[N+]C=C1Sc2c(OC(=O)C3CCC(C(=O)Oc4ccc(CCOC(=O)CCC(=O)OCCOC(=O)C=C)cc4)CC3)ccc(OC(=O)C3CCC(C(=O)Oc4ccc(CCOC(=O)CCC(=O)OCCOC(=O)C=C)cc4)CC3)c2S1. The zero-order valence-electron chi connectivity index (χ0n) is 44.8. The van der Waals surface area contributed by atoms with Crippen LogP contribution in [-0.2, 0) is 89.2 Å². The van der Waals surface area contributed by atoms with Crippen LogP contribution in [0.1, 0.15) is 88.2 Å². The Hall–Kier alpha value is -8.23. The number of carbonyl (C=O) groups is 10. The molecule has 23 heteroatoms. The number of hydrogen-bond acceptors (Lipinski definition) is 22. The summed E-state index contributed by atoms with van der Waals surface area (Å²) in [4.78, 5) is 128. The van der Waals surface area contributed by atoms with Crippen LogP contribution in [0.3, 0.4) is 0 Å². The molecule has 0 N–H and O–H groups in total. The lowest BCUT2D eigenvalue weighted by Crippen LogP contribution is -2.30. The molecule has 0 amide bonds. The summed E-state index contributed by atoms with van der Waals surface area (Å²) in [5.41, 5.74) is 1.64. The Bertz CT molecular complexity index is 2710. The zero-order chi connectivity index (χ0) is 58.8. The molecule has 3 aromatic carbocycles. The average molecular weight is 1170 g/mol. The lowest BCUT2D eigenvalue weighted by Gasteiger charge is -2.26. The van der Waals surface area contributed by atoms with Gasteiger partial charge in [0, 0.05) is 29.2 Å². The van der Waals surface area contributed by atoms with Crippen molar-refractivity contribution >= 4 is 83.2 Å². The topological polar surface area (TPSA) is 267 Å². The second-order valence-electron chi connectivity index (χ2n) is 18.7. The molecule has 1 aliphatic heterocycles. The molecule has 2 saturated carbocycles. The molecule has 0 spiro atoms. The summed E-state index contributed by atoms with van der Waals surface area (Å²) in [6.45, 7) is 13.5. The average Bonchev–Trinajstić information content (AvgIpc) is 4.00. The van der Waals surface area contributed by atoms with Crippen LogP contribution in [0.5, 0.6) is 23.0 Å². The van der Waals surface area contributed by atoms with Crippen molar-refractivity contribution in [3.05, 3.63) is 119 Å². The normalized spacial score (nSPS) is 16.9. The summed E-state index contributed by atoms with van der Waals surface area (Å²) in [5.74, 6) is -6.16. The van der Waals surface area contributed by atoms with E-state index in [9.17, 15) is 47.9 Å². The van der Waals surface area contributed by atoms with Crippen LogP contribution in [0.15, 0.2) is 106 Å². The van der Waals surface area contributed by atoms with Gasteiger partial charge in [0.2, 0.25) is 0 Å². The number of nitrogens with zero attached hydrogens (tertiary/aromatic N) is 1. The predicted molar refractivity (Wildman–Crippen MR) is 291 cm³/mol. The first-order valence-corrected chi connectivity index (χ1v) is 28.1. The first-order valence-electron chi connectivity index (χ1n) is 26.5. The lowest BCUT2D eigenvalue weighted by atomic mass is 9.82. The van der Waals surface area contributed by atoms with Gasteiger partial charge < -0.3 is 47.4 Å². The first-order chi connectivity index (χ1) is 39.6. The van der Waals surface area contributed by atoms with Crippen molar-refractivity contribution in [2.24, 2.45) is 23.7 Å². The van der Waals surface area contributed by atoms with E-state index in [1.54, 1.807) is 60.7 Å². The van der Waals surface area contributed by atoms with E-state index in [0.717, 1.165) is 23.3 Å². The van der Waals surface area contributed by atoms with Gasteiger partial charge in [0.05, 0.1) is 78.9 Å². The Morgan fingerprint density at radius 3 is 1.06 bits per heavy atom. The minimum atomic E-state index is -0.639. The molecule has 2 fully saturated rings. The van der Waals surface area contributed by atoms with Gasteiger partial charge in [-0.2, -0.15) is 0 Å². The highest BCUT2D eigenvalue weighted by Gasteiger charge is 2.36. The van der Waals surface area contributed by atoms with Gasteiger partial charge in [0.1, 0.15) is 49.4 Å². The molecule has 0 radical (unpaired) electrons. The third-order valence-corrected chi connectivity index (χ3v) is 15.5. The second-order valence-corrected chi connectivity index (χ2v) is 21.1. The molecule has 6 rings (SSSR count). The number of benzene rings is 3. The van der Waals surface area contributed by atoms with Crippen molar-refractivity contribution in [2.45, 2.75) is 99.7 Å². The number of carbonyl (C=O) groups excluding carboxylic acids is 10. The highest BCUT2D eigenvalue weighted by Crippen LogP contribution is 2.58. The summed E-state index contributed by atoms with van der Waals surface area (Å²) in [6, 6.07) is 16.6. The van der Waals surface area contributed by atoms with Crippen molar-refractivity contribution < 1.29 is 95.3 Å². The van der Waals surface area contributed by atoms with Crippen LogP contribution in [0, 0.1) is 30.2 Å². The Kier molecular flexibility index (Phi) is 25.2. The van der Waals surface area contributed by atoms with Crippen molar-refractivity contribution in [3.63, 3.8) is 0 Å². The van der Waals surface area contributed by atoms with Crippen LogP contribution in [0.2, 0.25) is 0 Å². The maximum Gasteiger partial charge on any atom is 0.330 e. The fourth-order valence-corrected chi connectivity index (χ4v) is 10.9. The number of thioether (sulfide) groups is 2. The molecule has 0 saturated heterocycles. The molecule has 0 atom stereocenters. The highest BCUT2D eigenvalue weighted by atomic mass is 32.2. The molecule has 2 aliphatic carbocycles. The molecule has 82 heavy (non-hydrogen) atoms. The van der Waals surface area contributed by atoms with Gasteiger partial charge in [0.15, 0.2) is 6.20 Å². The lowest BCUT2D eigenvalue weighted by molar-refractivity contribution is -0.152. The number of hydrogen-bond donors (Lipinski definition) is 0. The van der Waals surface area contributed by atoms with Gasteiger partial charge in [-0.15, -0.1) is 0 Å². The summed E-state index contributed by atoms with van der Waals surface area (Å²) in [5, 5.41) is 0. The second kappa shape index (κ2) is 32.9. The van der Waals surface area contributed by atoms with Gasteiger partial charge in [0.25, 0.3) is 0 Å². The van der Waals surface area contributed by atoms with Crippen LogP contribution >= 0.6 is 23.5 Å². The quantitative estimate of drug-likeness (QED) is 0.0165. The molecule has 0 bridgehead atoms. The monoisotopic (exact) mass is 1170 g/mol. The summed E-state index contributed by atoms with van der Waals surface area (Å²) in [6.07, 6.45) is 6.47. The Balaban J connectivity index is 0.875. The van der Waals surface area contributed by atoms with Gasteiger partial charge in [-0.3, -0.25) is 38.4 Å². The minimum Gasteiger partial charge on any atom is -0.465 e. The molecule has 3 aromatic rings. The van der Waals surface area contributed by atoms with E-state index < -0.39 is 83.4 Å². The fraction of sp³-hybridized carbons (Fsp3) is 0.407. The van der Waals surface area contributed by atoms with Crippen LogP contribution in [0.4, 0.5) is 0 Å². The molecule has 434 valence electrons. The van der Waals surface area contributed by atoms with Crippen LogP contribution < -0.4 is 18.9 Å². The van der Waals surface area contributed by atoms with Gasteiger partial charge in [-0.05, 0) is 98.9 Å². The van der Waals surface area contributed by atoms with E-state index in [-0.39, 0.29) is 76.8 Å². The summed E-state index contributed by atoms with van der Waals surface area (Å²) >= 11 is 2.45. The van der Waals surface area contributed by atoms with Gasteiger partial charge >= 0.3 is 59.7 Å². The van der Waals surface area contributed by atoms with Crippen LogP contribution in [0.25, 0.3) is 4.85 Å². The van der Waals surface area contributed by atoms with Crippen molar-refractivity contribution in [3.8, 4) is 23.0 Å². The zero-order valence-corrected chi connectivity index (χ0v) is 46.4. The maximum absolute atomic E-state index is 13.6. The van der Waals surface area contributed by atoms with Crippen LogP contribution in [-0.4, -0.2) is 99.3 Å². The molecule has 0 aromatic heterocycles. The Morgan fingerprint density at radius 2 is 0.744 bits per heavy atom. The van der Waals surface area contributed by atoms with Crippen molar-refractivity contribution in [1.82, 2.24) is 0 Å². The predicted octanol–water partition coefficient (Wildman–Crippen LogP) is 8.51. The molecule has 0 unspecified atom stereocenters. The molecule has 3 aliphatic rings. The Morgan fingerprint density at radius 1 is 0.439 bits per heavy atom.